The van der Waals surface area contributed by atoms with Gasteiger partial charge in [-0.15, -0.1) is 0 Å². The molecule has 4 heteroatoms. The van der Waals surface area contributed by atoms with E-state index in [0.717, 1.165) is 43.9 Å². The summed E-state index contributed by atoms with van der Waals surface area (Å²) in [5.74, 6) is 1.11. The van der Waals surface area contributed by atoms with Crippen molar-refractivity contribution in [2.24, 2.45) is 4.99 Å². The summed E-state index contributed by atoms with van der Waals surface area (Å²) < 4.78 is 0. The van der Waals surface area contributed by atoms with Crippen LogP contribution in [0.25, 0.3) is 0 Å². The average molecular weight is 321 g/mol. The van der Waals surface area contributed by atoms with Crippen LogP contribution in [0, 0.1) is 6.92 Å². The molecular formula is C20H23N3O. The van der Waals surface area contributed by atoms with E-state index in [1.165, 1.54) is 17.5 Å². The number of amidine groups is 1. The van der Waals surface area contributed by atoms with Crippen molar-refractivity contribution in [3.05, 3.63) is 59.3 Å². The predicted octanol–water partition coefficient (Wildman–Crippen LogP) is 3.22. The molecular weight excluding hydrogens is 298 g/mol. The number of amides is 1. The van der Waals surface area contributed by atoms with E-state index in [1.807, 2.05) is 23.3 Å². The fraction of sp³-hybridized carbons (Fsp3) is 0.400. The van der Waals surface area contributed by atoms with Crippen LogP contribution in [-0.2, 0) is 4.79 Å². The van der Waals surface area contributed by atoms with Gasteiger partial charge < -0.3 is 9.80 Å². The minimum Gasteiger partial charge on any atom is -0.339 e. The second kappa shape index (κ2) is 6.27. The molecule has 3 heterocycles. The van der Waals surface area contributed by atoms with Gasteiger partial charge in [0.25, 0.3) is 5.91 Å². The van der Waals surface area contributed by atoms with E-state index in [4.69, 9.17) is 0 Å². The zero-order valence-electron chi connectivity index (χ0n) is 14.1. The Kier molecular flexibility index (Phi) is 3.97. The summed E-state index contributed by atoms with van der Waals surface area (Å²) in [6, 6.07) is 8.62. The third-order valence-corrected chi connectivity index (χ3v) is 5.15. The van der Waals surface area contributed by atoms with Crippen LogP contribution in [-0.4, -0.2) is 41.2 Å². The summed E-state index contributed by atoms with van der Waals surface area (Å²) >= 11 is 0. The van der Waals surface area contributed by atoms with E-state index in [-0.39, 0.29) is 11.9 Å². The van der Waals surface area contributed by atoms with Crippen LogP contribution in [0.3, 0.4) is 0 Å². The van der Waals surface area contributed by atoms with Crippen LogP contribution in [0.15, 0.2) is 53.2 Å². The Balaban J connectivity index is 1.59. The minimum absolute atomic E-state index is 0.153. The highest BCUT2D eigenvalue weighted by molar-refractivity contribution is 6.04. The van der Waals surface area contributed by atoms with Gasteiger partial charge in [0.05, 0.1) is 18.2 Å². The van der Waals surface area contributed by atoms with Crippen molar-refractivity contribution in [2.75, 3.05) is 19.6 Å². The molecule has 1 aromatic rings. The Morgan fingerprint density at radius 2 is 1.92 bits per heavy atom. The molecule has 1 amide bonds. The molecule has 0 aromatic heterocycles. The van der Waals surface area contributed by atoms with E-state index in [9.17, 15) is 4.79 Å². The van der Waals surface area contributed by atoms with Crippen LogP contribution in [0.4, 0.5) is 0 Å². The number of piperidine rings is 1. The number of nitrogens with zero attached hydrogens (tertiary/aromatic N) is 3. The van der Waals surface area contributed by atoms with E-state index in [0.29, 0.717) is 0 Å². The monoisotopic (exact) mass is 321 g/mol. The first-order chi connectivity index (χ1) is 11.7. The van der Waals surface area contributed by atoms with E-state index >= 15 is 0 Å². The maximum absolute atomic E-state index is 12.8. The van der Waals surface area contributed by atoms with Crippen molar-refractivity contribution < 1.29 is 4.79 Å². The number of carbonyl (C=O) groups is 1. The Morgan fingerprint density at radius 1 is 1.12 bits per heavy atom. The maximum atomic E-state index is 12.8. The van der Waals surface area contributed by atoms with Gasteiger partial charge in [-0.2, -0.15) is 0 Å². The van der Waals surface area contributed by atoms with Gasteiger partial charge in [-0.3, -0.25) is 9.79 Å². The topological polar surface area (TPSA) is 35.9 Å². The number of benzene rings is 1. The first-order valence-corrected chi connectivity index (χ1v) is 8.81. The fourth-order valence-electron chi connectivity index (χ4n) is 3.78. The number of aliphatic imine (C=N–C) groups is 1. The van der Waals surface area contributed by atoms with Gasteiger partial charge in [0, 0.05) is 19.3 Å². The predicted molar refractivity (Wildman–Crippen MR) is 95.7 cm³/mol. The van der Waals surface area contributed by atoms with Gasteiger partial charge in [0.15, 0.2) is 0 Å². The fourth-order valence-corrected chi connectivity index (χ4v) is 3.78. The quantitative estimate of drug-likeness (QED) is 0.838. The second-order valence-corrected chi connectivity index (χ2v) is 6.75. The molecule has 1 unspecified atom stereocenters. The molecule has 0 aliphatic carbocycles. The second-order valence-electron chi connectivity index (χ2n) is 6.75. The number of hydrogen-bond acceptors (Lipinski definition) is 3. The Hall–Kier alpha value is -2.36. The molecule has 1 saturated heterocycles. The van der Waals surface area contributed by atoms with E-state index in [2.05, 4.69) is 41.1 Å². The minimum atomic E-state index is 0.153. The number of fused-ring (bicyclic) bond motifs is 1. The van der Waals surface area contributed by atoms with Crippen LogP contribution in [0.1, 0.15) is 36.4 Å². The molecule has 0 radical (unpaired) electrons. The van der Waals surface area contributed by atoms with Crippen molar-refractivity contribution in [1.82, 2.24) is 9.80 Å². The van der Waals surface area contributed by atoms with E-state index in [1.54, 1.807) is 0 Å². The first kappa shape index (κ1) is 15.2. The largest absolute Gasteiger partial charge is 0.339 e. The highest BCUT2D eigenvalue weighted by Gasteiger charge is 2.31. The van der Waals surface area contributed by atoms with Gasteiger partial charge >= 0.3 is 0 Å². The zero-order valence-corrected chi connectivity index (χ0v) is 14.1. The van der Waals surface area contributed by atoms with Gasteiger partial charge in [-0.05, 0) is 49.5 Å². The standard InChI is InChI=1S/C20H23N3O/c1-15-7-3-4-8-17(15)18-13-21-19-10-9-16(14-23(18)19)20(24)22-11-5-2-6-12-22/h3-4,7-10,14,18H,2,5-6,11-13H2,1H3. The molecule has 124 valence electrons. The van der Waals surface area contributed by atoms with Gasteiger partial charge in [0.1, 0.15) is 5.84 Å². The number of hydrogen-bond donors (Lipinski definition) is 0. The highest BCUT2D eigenvalue weighted by Crippen LogP contribution is 2.32. The van der Waals surface area contributed by atoms with Gasteiger partial charge in [0.2, 0.25) is 0 Å². The lowest BCUT2D eigenvalue weighted by Crippen LogP contribution is -2.38. The molecule has 0 saturated carbocycles. The van der Waals surface area contributed by atoms with Crippen LogP contribution in [0.5, 0.6) is 0 Å². The molecule has 0 bridgehead atoms. The molecule has 3 aliphatic rings. The molecule has 4 nitrogen and oxygen atoms in total. The first-order valence-electron chi connectivity index (χ1n) is 8.81. The van der Waals surface area contributed by atoms with Crippen molar-refractivity contribution in [1.29, 1.82) is 0 Å². The Bertz CT molecular complexity index is 741. The number of likely N-dealkylation sites (tertiary alicyclic amines) is 1. The average Bonchev–Trinajstić information content (AvgIpc) is 3.05. The maximum Gasteiger partial charge on any atom is 0.255 e. The number of rotatable bonds is 2. The molecule has 3 aliphatic heterocycles. The lowest BCUT2D eigenvalue weighted by Gasteiger charge is -2.31. The van der Waals surface area contributed by atoms with Crippen LogP contribution >= 0.6 is 0 Å². The third-order valence-electron chi connectivity index (χ3n) is 5.15. The molecule has 4 rings (SSSR count). The van der Waals surface area contributed by atoms with Crippen molar-refractivity contribution >= 4 is 11.7 Å². The Morgan fingerprint density at radius 3 is 2.71 bits per heavy atom. The van der Waals surface area contributed by atoms with Crippen molar-refractivity contribution in [3.8, 4) is 0 Å². The number of carbonyl (C=O) groups excluding carboxylic acids is 1. The number of aryl methyl sites for hydroxylation is 1. The van der Waals surface area contributed by atoms with E-state index < -0.39 is 0 Å². The summed E-state index contributed by atoms with van der Waals surface area (Å²) in [4.78, 5) is 21.6. The van der Waals surface area contributed by atoms with Gasteiger partial charge in [-0.1, -0.05) is 24.3 Å². The molecule has 1 aromatic carbocycles. The molecule has 24 heavy (non-hydrogen) atoms. The lowest BCUT2D eigenvalue weighted by molar-refractivity contribution is -0.127. The normalized spacial score (nSPS) is 23.0. The molecule has 0 spiro atoms. The molecule has 1 fully saturated rings. The lowest BCUT2D eigenvalue weighted by atomic mass is 10.00. The van der Waals surface area contributed by atoms with Crippen LogP contribution < -0.4 is 0 Å². The summed E-state index contributed by atoms with van der Waals surface area (Å²) in [7, 11) is 0. The van der Waals surface area contributed by atoms with Gasteiger partial charge in [-0.25, -0.2) is 0 Å². The highest BCUT2D eigenvalue weighted by atomic mass is 16.2. The summed E-state index contributed by atoms with van der Waals surface area (Å²) in [5, 5.41) is 0. The zero-order chi connectivity index (χ0) is 16.5. The summed E-state index contributed by atoms with van der Waals surface area (Å²) in [5.41, 5.74) is 3.33. The molecule has 0 N–H and O–H groups in total. The smallest absolute Gasteiger partial charge is 0.255 e. The van der Waals surface area contributed by atoms with Crippen molar-refractivity contribution in [3.63, 3.8) is 0 Å². The summed E-state index contributed by atoms with van der Waals surface area (Å²) in [6.07, 6.45) is 9.37. The summed E-state index contributed by atoms with van der Waals surface area (Å²) in [6.45, 7) is 4.64. The SMILES string of the molecule is Cc1ccccc1C1CN=C2C=CC(C(=O)N3CCCCC3)=CN21. The van der Waals surface area contributed by atoms with Crippen LogP contribution in [0.2, 0.25) is 0 Å². The molecule has 1 atom stereocenters. The Labute approximate surface area is 143 Å². The van der Waals surface area contributed by atoms with Crippen molar-refractivity contribution in [2.45, 2.75) is 32.2 Å². The third kappa shape index (κ3) is 2.66.